The summed E-state index contributed by atoms with van der Waals surface area (Å²) < 4.78 is 17.6. The van der Waals surface area contributed by atoms with Gasteiger partial charge in [0.2, 0.25) is 0 Å². The SMILES string of the molecule is COc1cc(C(=O)N(C)c2ccc(COCc3ccccc3C(=O)N3CCC(N(C)C)CC3)cc2)ccc1NC(=O)c1ccccc1OCCCN1C(=O)c2ccccc2C1=O. The molecule has 1 N–H and O–H groups in total. The zero-order chi connectivity index (χ0) is 43.8. The summed E-state index contributed by atoms with van der Waals surface area (Å²) in [4.78, 5) is 72.9. The van der Waals surface area contributed by atoms with Crippen LogP contribution < -0.4 is 19.7 Å². The molecule has 2 aliphatic rings. The van der Waals surface area contributed by atoms with Gasteiger partial charge in [-0.25, -0.2) is 0 Å². The molecule has 5 aromatic carbocycles. The van der Waals surface area contributed by atoms with Crippen LogP contribution in [0, 0.1) is 0 Å². The zero-order valence-electron chi connectivity index (χ0n) is 35.5. The van der Waals surface area contributed by atoms with Gasteiger partial charge in [-0.05, 0) is 105 Å². The molecule has 0 aliphatic carbocycles. The molecule has 1 fully saturated rings. The Morgan fingerprint density at radius 3 is 2.06 bits per heavy atom. The van der Waals surface area contributed by atoms with Crippen molar-refractivity contribution in [1.29, 1.82) is 0 Å². The minimum Gasteiger partial charge on any atom is -0.495 e. The van der Waals surface area contributed by atoms with Gasteiger partial charge in [0.15, 0.2) is 0 Å². The molecule has 7 rings (SSSR count). The van der Waals surface area contributed by atoms with Gasteiger partial charge in [0.1, 0.15) is 11.5 Å². The molecular formula is C49H51N5O8. The molecule has 5 aromatic rings. The summed E-state index contributed by atoms with van der Waals surface area (Å²) in [7, 11) is 7.31. The lowest BCUT2D eigenvalue weighted by Gasteiger charge is -2.35. The smallest absolute Gasteiger partial charge is 0.261 e. The van der Waals surface area contributed by atoms with Gasteiger partial charge in [-0.15, -0.1) is 0 Å². The average Bonchev–Trinajstić information content (AvgIpc) is 3.55. The minimum absolute atomic E-state index is 0.0388. The lowest BCUT2D eigenvalue weighted by molar-refractivity contribution is 0.0639. The van der Waals surface area contributed by atoms with Crippen LogP contribution in [0.3, 0.4) is 0 Å². The van der Waals surface area contributed by atoms with Crippen LogP contribution in [-0.2, 0) is 18.0 Å². The highest BCUT2D eigenvalue weighted by atomic mass is 16.5. The van der Waals surface area contributed by atoms with Gasteiger partial charge in [-0.2, -0.15) is 0 Å². The highest BCUT2D eigenvalue weighted by Gasteiger charge is 2.34. The van der Waals surface area contributed by atoms with Gasteiger partial charge < -0.3 is 34.2 Å². The van der Waals surface area contributed by atoms with E-state index in [0.717, 1.165) is 37.1 Å². The van der Waals surface area contributed by atoms with Crippen molar-refractivity contribution in [3.63, 3.8) is 0 Å². The first-order chi connectivity index (χ1) is 30.0. The Morgan fingerprint density at radius 1 is 0.742 bits per heavy atom. The average molecular weight is 838 g/mol. The van der Waals surface area contributed by atoms with E-state index in [0.29, 0.717) is 64.2 Å². The van der Waals surface area contributed by atoms with Crippen LogP contribution >= 0.6 is 0 Å². The predicted molar refractivity (Wildman–Crippen MR) is 236 cm³/mol. The summed E-state index contributed by atoms with van der Waals surface area (Å²) in [6.45, 7) is 2.43. The van der Waals surface area contributed by atoms with Crippen molar-refractivity contribution >= 4 is 40.9 Å². The number of likely N-dealkylation sites (tertiary alicyclic amines) is 1. The van der Waals surface area contributed by atoms with Gasteiger partial charge in [0.05, 0.1) is 49.3 Å². The van der Waals surface area contributed by atoms with Crippen LogP contribution in [0.15, 0.2) is 115 Å². The van der Waals surface area contributed by atoms with E-state index in [1.807, 2.05) is 53.4 Å². The largest absolute Gasteiger partial charge is 0.495 e. The molecule has 0 saturated carbocycles. The van der Waals surface area contributed by atoms with E-state index in [1.165, 1.54) is 16.9 Å². The molecule has 0 radical (unpaired) electrons. The summed E-state index contributed by atoms with van der Waals surface area (Å²) in [5, 5.41) is 2.87. The molecule has 2 aliphatic heterocycles. The van der Waals surface area contributed by atoms with Crippen LogP contribution in [0.4, 0.5) is 11.4 Å². The van der Waals surface area contributed by atoms with Gasteiger partial charge in [0.25, 0.3) is 29.5 Å². The van der Waals surface area contributed by atoms with E-state index in [4.69, 9.17) is 14.2 Å². The molecule has 2 heterocycles. The van der Waals surface area contributed by atoms with Crippen LogP contribution in [0.1, 0.15) is 82.2 Å². The number of benzene rings is 5. The number of imide groups is 1. The number of methoxy groups -OCH3 is 1. The van der Waals surface area contributed by atoms with Crippen LogP contribution in [-0.4, -0.2) is 105 Å². The maximum atomic E-state index is 13.6. The fourth-order valence-electron chi connectivity index (χ4n) is 7.76. The number of carbonyl (C=O) groups excluding carboxylic acids is 5. The maximum absolute atomic E-state index is 13.6. The summed E-state index contributed by atoms with van der Waals surface area (Å²) in [6.07, 6.45) is 2.28. The summed E-state index contributed by atoms with van der Waals surface area (Å²) in [5.74, 6) is -0.720. The number of rotatable bonds is 16. The van der Waals surface area contributed by atoms with Crippen molar-refractivity contribution in [2.45, 2.75) is 38.5 Å². The first-order valence-electron chi connectivity index (χ1n) is 20.7. The second kappa shape index (κ2) is 19.7. The highest BCUT2D eigenvalue weighted by Crippen LogP contribution is 2.30. The molecule has 0 unspecified atom stereocenters. The van der Waals surface area contributed by atoms with E-state index in [-0.39, 0.29) is 49.0 Å². The number of nitrogens with zero attached hydrogens (tertiary/aromatic N) is 4. The number of para-hydroxylation sites is 1. The summed E-state index contributed by atoms with van der Waals surface area (Å²) in [6, 6.07) is 33.9. The second-order valence-corrected chi connectivity index (χ2v) is 15.5. The number of fused-ring (bicyclic) bond motifs is 1. The quantitative estimate of drug-likeness (QED) is 0.0810. The predicted octanol–water partition coefficient (Wildman–Crippen LogP) is 7.17. The van der Waals surface area contributed by atoms with Crippen molar-refractivity contribution in [3.05, 3.63) is 154 Å². The number of hydrogen-bond acceptors (Lipinski definition) is 9. The van der Waals surface area contributed by atoms with Gasteiger partial charge in [-0.3, -0.25) is 28.9 Å². The molecule has 13 nitrogen and oxygen atoms in total. The Labute approximate surface area is 361 Å². The molecule has 0 spiro atoms. The lowest BCUT2D eigenvalue weighted by Crippen LogP contribution is -2.44. The highest BCUT2D eigenvalue weighted by molar-refractivity contribution is 6.21. The van der Waals surface area contributed by atoms with E-state index in [9.17, 15) is 24.0 Å². The van der Waals surface area contributed by atoms with Crippen LogP contribution in [0.25, 0.3) is 0 Å². The number of ether oxygens (including phenoxy) is 3. The third-order valence-corrected chi connectivity index (χ3v) is 11.4. The van der Waals surface area contributed by atoms with E-state index >= 15 is 0 Å². The molecule has 1 saturated heterocycles. The van der Waals surface area contributed by atoms with Crippen molar-refractivity contribution in [3.8, 4) is 11.5 Å². The Kier molecular flexibility index (Phi) is 13.7. The third-order valence-electron chi connectivity index (χ3n) is 11.4. The normalized spacial score (nSPS) is 13.9. The minimum atomic E-state index is -0.451. The maximum Gasteiger partial charge on any atom is 0.261 e. The molecule has 0 atom stereocenters. The Balaban J connectivity index is 0.906. The number of anilines is 2. The third kappa shape index (κ3) is 9.70. The van der Waals surface area contributed by atoms with E-state index < -0.39 is 5.91 Å². The van der Waals surface area contributed by atoms with Crippen molar-refractivity contribution in [2.24, 2.45) is 0 Å². The second-order valence-electron chi connectivity index (χ2n) is 15.5. The van der Waals surface area contributed by atoms with Crippen LogP contribution in [0.5, 0.6) is 11.5 Å². The number of piperidine rings is 1. The van der Waals surface area contributed by atoms with Crippen molar-refractivity contribution < 1.29 is 38.2 Å². The van der Waals surface area contributed by atoms with Gasteiger partial charge >= 0.3 is 0 Å². The first-order valence-corrected chi connectivity index (χ1v) is 20.7. The van der Waals surface area contributed by atoms with E-state index in [2.05, 4.69) is 24.3 Å². The van der Waals surface area contributed by atoms with Crippen LogP contribution in [0.2, 0.25) is 0 Å². The first kappa shape index (κ1) is 43.3. The number of hydrogen-bond donors (Lipinski definition) is 1. The molecular weight excluding hydrogens is 787 g/mol. The topological polar surface area (TPSA) is 138 Å². The molecule has 320 valence electrons. The van der Waals surface area contributed by atoms with Crippen molar-refractivity contribution in [2.75, 3.05) is 64.7 Å². The number of amides is 5. The summed E-state index contributed by atoms with van der Waals surface area (Å²) >= 11 is 0. The molecule has 13 heteroatoms. The molecule has 62 heavy (non-hydrogen) atoms. The molecule has 0 aromatic heterocycles. The lowest BCUT2D eigenvalue weighted by atomic mass is 10.0. The standard InChI is InChI=1S/C49H51N5O8/c1-51(2)36-24-27-53(28-25-36)47(57)38-13-6-5-12-35(38)32-61-31-33-18-21-37(22-19-33)52(3)46(56)34-20-23-42(44(30-34)60-4)50-45(55)41-16-9-10-17-43(41)62-29-11-26-54-48(58)39-14-7-8-15-40(39)49(54)59/h5-10,12-23,30,36H,11,24-29,31-32H2,1-4H3,(H,50,55). The fraction of sp³-hybridized carbons (Fsp3) is 0.286. The Bertz CT molecular complexity index is 2410. The Morgan fingerprint density at radius 2 is 1.39 bits per heavy atom. The summed E-state index contributed by atoms with van der Waals surface area (Å²) in [5.41, 5.74) is 4.88. The number of nitrogens with one attached hydrogen (secondary N) is 1. The molecule has 5 amide bonds. The Hall–Kier alpha value is -6.83. The van der Waals surface area contributed by atoms with Gasteiger partial charge in [-0.1, -0.05) is 54.6 Å². The van der Waals surface area contributed by atoms with Gasteiger partial charge in [0, 0.05) is 49.5 Å². The molecule has 0 bridgehead atoms. The van der Waals surface area contributed by atoms with E-state index in [1.54, 1.807) is 73.8 Å². The number of carbonyl (C=O) groups is 5. The van der Waals surface area contributed by atoms with Crippen molar-refractivity contribution in [1.82, 2.24) is 14.7 Å². The zero-order valence-corrected chi connectivity index (χ0v) is 35.5. The monoisotopic (exact) mass is 837 g/mol. The fourth-order valence-corrected chi connectivity index (χ4v) is 7.76.